The number of benzene rings is 2. The Balaban J connectivity index is 2.22. The number of rotatable bonds is 2. The van der Waals surface area contributed by atoms with E-state index in [4.69, 9.17) is 0 Å². The summed E-state index contributed by atoms with van der Waals surface area (Å²) in [7, 11) is 0. The number of halogens is 2. The van der Waals surface area contributed by atoms with Crippen LogP contribution in [0.3, 0.4) is 0 Å². The number of hydrogen-bond donors (Lipinski definition) is 0. The van der Waals surface area contributed by atoms with Crippen LogP contribution in [0, 0.1) is 18.6 Å². The van der Waals surface area contributed by atoms with E-state index in [2.05, 4.69) is 0 Å². The van der Waals surface area contributed by atoms with Crippen molar-refractivity contribution >= 4 is 0 Å². The van der Waals surface area contributed by atoms with E-state index in [0.29, 0.717) is 5.69 Å². The molecule has 0 atom stereocenters. The van der Waals surface area contributed by atoms with Crippen molar-refractivity contribution < 1.29 is 8.78 Å². The highest BCUT2D eigenvalue weighted by Crippen LogP contribution is 2.27. The van der Waals surface area contributed by atoms with E-state index >= 15 is 0 Å². The van der Waals surface area contributed by atoms with Gasteiger partial charge in [0.25, 0.3) is 0 Å². The first-order valence-corrected chi connectivity index (χ1v) is 6.36. The highest BCUT2D eigenvalue weighted by Gasteiger charge is 2.13. The van der Waals surface area contributed by atoms with Crippen molar-refractivity contribution in [3.8, 4) is 16.9 Å². The molecular formula is C17H13F2N. The van der Waals surface area contributed by atoms with Crippen LogP contribution in [0.25, 0.3) is 16.9 Å². The maximum atomic E-state index is 14.0. The molecule has 1 heterocycles. The molecular weight excluding hydrogens is 256 g/mol. The highest BCUT2D eigenvalue weighted by molar-refractivity contribution is 5.64. The van der Waals surface area contributed by atoms with Crippen LogP contribution in [0.1, 0.15) is 5.69 Å². The third-order valence-corrected chi connectivity index (χ3v) is 3.30. The average Bonchev–Trinajstić information content (AvgIpc) is 2.82. The van der Waals surface area contributed by atoms with Crippen LogP contribution in [0.2, 0.25) is 0 Å². The van der Waals surface area contributed by atoms with Gasteiger partial charge in [-0.1, -0.05) is 30.3 Å². The van der Waals surface area contributed by atoms with Crippen LogP contribution >= 0.6 is 0 Å². The van der Waals surface area contributed by atoms with E-state index in [0.717, 1.165) is 23.0 Å². The van der Waals surface area contributed by atoms with E-state index in [1.807, 2.05) is 49.4 Å². The first-order valence-electron chi connectivity index (χ1n) is 6.36. The molecule has 0 saturated carbocycles. The van der Waals surface area contributed by atoms with Gasteiger partial charge in [0, 0.05) is 11.8 Å². The first kappa shape index (κ1) is 12.6. The molecule has 0 fully saturated rings. The molecule has 3 heteroatoms. The van der Waals surface area contributed by atoms with Gasteiger partial charge in [-0.25, -0.2) is 8.78 Å². The van der Waals surface area contributed by atoms with Gasteiger partial charge in [0.1, 0.15) is 11.6 Å². The van der Waals surface area contributed by atoms with Crippen molar-refractivity contribution in [2.75, 3.05) is 0 Å². The first-order chi connectivity index (χ1) is 9.66. The normalized spacial score (nSPS) is 10.8. The van der Waals surface area contributed by atoms with Gasteiger partial charge in [-0.05, 0) is 36.8 Å². The van der Waals surface area contributed by atoms with Gasteiger partial charge in [0.2, 0.25) is 0 Å². The minimum atomic E-state index is -0.572. The molecule has 0 aliphatic rings. The van der Waals surface area contributed by atoms with E-state index in [-0.39, 0.29) is 0 Å². The molecule has 3 aromatic rings. The standard InChI is InChI=1S/C17H13F2N/c1-12-7-9-16(13-5-3-2-4-6-13)20(12)17-10-8-14(18)11-15(17)19/h2-11H,1H3. The van der Waals surface area contributed by atoms with Gasteiger partial charge in [0.15, 0.2) is 0 Å². The van der Waals surface area contributed by atoms with Gasteiger partial charge in [-0.2, -0.15) is 0 Å². The fourth-order valence-corrected chi connectivity index (χ4v) is 2.36. The summed E-state index contributed by atoms with van der Waals surface area (Å²) < 4.78 is 28.9. The summed E-state index contributed by atoms with van der Waals surface area (Å²) in [5, 5.41) is 0. The molecule has 100 valence electrons. The zero-order chi connectivity index (χ0) is 14.1. The summed E-state index contributed by atoms with van der Waals surface area (Å²) in [6.45, 7) is 1.90. The molecule has 3 rings (SSSR count). The molecule has 0 bridgehead atoms. The van der Waals surface area contributed by atoms with Gasteiger partial charge in [-0.15, -0.1) is 0 Å². The topological polar surface area (TPSA) is 4.93 Å². The van der Waals surface area contributed by atoms with Crippen LogP contribution in [0.5, 0.6) is 0 Å². The Morgan fingerprint density at radius 3 is 2.30 bits per heavy atom. The zero-order valence-corrected chi connectivity index (χ0v) is 11.0. The average molecular weight is 269 g/mol. The smallest absolute Gasteiger partial charge is 0.150 e. The van der Waals surface area contributed by atoms with Crippen LogP contribution < -0.4 is 0 Å². The Morgan fingerprint density at radius 1 is 0.850 bits per heavy atom. The van der Waals surface area contributed by atoms with E-state index in [1.54, 1.807) is 4.57 Å². The summed E-state index contributed by atoms with van der Waals surface area (Å²) in [6, 6.07) is 17.2. The number of aromatic nitrogens is 1. The monoisotopic (exact) mass is 269 g/mol. The number of aryl methyl sites for hydroxylation is 1. The Hall–Kier alpha value is -2.42. The predicted molar refractivity (Wildman–Crippen MR) is 75.9 cm³/mol. The lowest BCUT2D eigenvalue weighted by Crippen LogP contribution is -2.02. The van der Waals surface area contributed by atoms with Crippen molar-refractivity contribution in [3.63, 3.8) is 0 Å². The summed E-state index contributed by atoms with van der Waals surface area (Å²) in [4.78, 5) is 0. The van der Waals surface area contributed by atoms with E-state index in [1.165, 1.54) is 12.1 Å². The van der Waals surface area contributed by atoms with E-state index < -0.39 is 11.6 Å². The van der Waals surface area contributed by atoms with Crippen LogP contribution in [-0.4, -0.2) is 4.57 Å². The molecule has 0 amide bonds. The molecule has 0 unspecified atom stereocenters. The molecule has 2 aromatic carbocycles. The third kappa shape index (κ3) is 2.11. The quantitative estimate of drug-likeness (QED) is 0.633. The van der Waals surface area contributed by atoms with E-state index in [9.17, 15) is 8.78 Å². The maximum Gasteiger partial charge on any atom is 0.150 e. The van der Waals surface area contributed by atoms with Gasteiger partial charge >= 0.3 is 0 Å². The summed E-state index contributed by atoms with van der Waals surface area (Å²) in [6.07, 6.45) is 0. The van der Waals surface area contributed by atoms with Crippen LogP contribution in [0.15, 0.2) is 60.7 Å². The second-order valence-electron chi connectivity index (χ2n) is 4.66. The fourth-order valence-electron chi connectivity index (χ4n) is 2.36. The van der Waals surface area contributed by atoms with Crippen molar-refractivity contribution in [2.24, 2.45) is 0 Å². The van der Waals surface area contributed by atoms with Crippen molar-refractivity contribution in [3.05, 3.63) is 78.0 Å². The second kappa shape index (κ2) is 4.93. The molecule has 1 nitrogen and oxygen atoms in total. The number of hydrogen-bond acceptors (Lipinski definition) is 0. The lowest BCUT2D eigenvalue weighted by Gasteiger charge is -2.13. The van der Waals surface area contributed by atoms with Gasteiger partial charge in [-0.3, -0.25) is 0 Å². The van der Waals surface area contributed by atoms with Crippen molar-refractivity contribution in [1.82, 2.24) is 4.57 Å². The lowest BCUT2D eigenvalue weighted by atomic mass is 10.1. The Labute approximate surface area is 116 Å². The molecule has 0 radical (unpaired) electrons. The van der Waals surface area contributed by atoms with Crippen molar-refractivity contribution in [1.29, 1.82) is 0 Å². The Kier molecular flexibility index (Phi) is 3.11. The largest absolute Gasteiger partial charge is 0.311 e. The molecule has 0 N–H and O–H groups in total. The predicted octanol–water partition coefficient (Wildman–Crippen LogP) is 4.73. The molecule has 0 spiro atoms. The van der Waals surface area contributed by atoms with Crippen LogP contribution in [0.4, 0.5) is 8.78 Å². The molecule has 1 aromatic heterocycles. The molecule has 0 aliphatic heterocycles. The van der Waals surface area contributed by atoms with Crippen molar-refractivity contribution in [2.45, 2.75) is 6.92 Å². The lowest BCUT2D eigenvalue weighted by molar-refractivity contribution is 0.577. The second-order valence-corrected chi connectivity index (χ2v) is 4.66. The molecule has 20 heavy (non-hydrogen) atoms. The number of nitrogens with zero attached hydrogens (tertiary/aromatic N) is 1. The maximum absolute atomic E-state index is 14.0. The van der Waals surface area contributed by atoms with Gasteiger partial charge in [0.05, 0.1) is 11.4 Å². The minimum absolute atomic E-state index is 0.354. The van der Waals surface area contributed by atoms with Gasteiger partial charge < -0.3 is 4.57 Å². The summed E-state index contributed by atoms with van der Waals surface area (Å²) in [5.41, 5.74) is 3.13. The summed E-state index contributed by atoms with van der Waals surface area (Å²) >= 11 is 0. The summed E-state index contributed by atoms with van der Waals surface area (Å²) in [5.74, 6) is -1.14. The van der Waals surface area contributed by atoms with Crippen LogP contribution in [-0.2, 0) is 0 Å². The third-order valence-electron chi connectivity index (χ3n) is 3.30. The minimum Gasteiger partial charge on any atom is -0.311 e. The zero-order valence-electron chi connectivity index (χ0n) is 11.0. The highest BCUT2D eigenvalue weighted by atomic mass is 19.1. The molecule has 0 saturated heterocycles. The fraction of sp³-hybridized carbons (Fsp3) is 0.0588. The SMILES string of the molecule is Cc1ccc(-c2ccccc2)n1-c1ccc(F)cc1F. The Morgan fingerprint density at radius 2 is 1.60 bits per heavy atom. The Bertz CT molecular complexity index is 745. The molecule has 0 aliphatic carbocycles.